The lowest BCUT2D eigenvalue weighted by molar-refractivity contribution is 0.309. The SMILES string of the molecule is CCCOc1ccccc1C(NCC)C(C)S(C)(=O)=O. The smallest absolute Gasteiger partial charge is 0.151 e. The lowest BCUT2D eigenvalue weighted by Gasteiger charge is -2.26. The van der Waals surface area contributed by atoms with Crippen LogP contribution >= 0.6 is 0 Å². The van der Waals surface area contributed by atoms with Crippen molar-refractivity contribution in [3.05, 3.63) is 29.8 Å². The minimum absolute atomic E-state index is 0.261. The summed E-state index contributed by atoms with van der Waals surface area (Å²) in [7, 11) is -3.13. The maximum Gasteiger partial charge on any atom is 0.151 e. The first kappa shape index (κ1) is 17.0. The van der Waals surface area contributed by atoms with Crippen molar-refractivity contribution in [3.8, 4) is 5.75 Å². The van der Waals surface area contributed by atoms with Gasteiger partial charge in [-0.25, -0.2) is 8.42 Å². The van der Waals surface area contributed by atoms with Gasteiger partial charge in [-0.2, -0.15) is 0 Å². The number of ether oxygens (including phenoxy) is 1. The monoisotopic (exact) mass is 299 g/mol. The van der Waals surface area contributed by atoms with E-state index in [1.165, 1.54) is 6.26 Å². The minimum atomic E-state index is -3.13. The third kappa shape index (κ3) is 4.49. The lowest BCUT2D eigenvalue weighted by atomic mass is 10.0. The Kier molecular flexibility index (Phi) is 6.49. The summed E-state index contributed by atoms with van der Waals surface area (Å²) in [6.07, 6.45) is 2.19. The second-order valence-corrected chi connectivity index (χ2v) is 7.36. The van der Waals surface area contributed by atoms with Crippen LogP contribution in [0.2, 0.25) is 0 Å². The van der Waals surface area contributed by atoms with E-state index in [0.717, 1.165) is 17.7 Å². The van der Waals surface area contributed by atoms with Crippen LogP contribution in [0.15, 0.2) is 24.3 Å². The molecule has 0 aliphatic carbocycles. The number of benzene rings is 1. The van der Waals surface area contributed by atoms with Crippen molar-refractivity contribution in [1.29, 1.82) is 0 Å². The number of sulfone groups is 1. The third-order valence-corrected chi connectivity index (χ3v) is 4.91. The molecule has 4 nitrogen and oxygen atoms in total. The molecule has 0 fully saturated rings. The number of hydrogen-bond donors (Lipinski definition) is 1. The predicted octanol–water partition coefficient (Wildman–Crippen LogP) is 2.56. The first-order chi connectivity index (χ1) is 9.41. The van der Waals surface area contributed by atoms with Crippen LogP contribution in [0.5, 0.6) is 5.75 Å². The highest BCUT2D eigenvalue weighted by molar-refractivity contribution is 7.91. The number of rotatable bonds is 8. The molecule has 0 heterocycles. The van der Waals surface area contributed by atoms with Crippen LogP contribution < -0.4 is 10.1 Å². The lowest BCUT2D eigenvalue weighted by Crippen LogP contribution is -2.35. The van der Waals surface area contributed by atoms with Crippen LogP contribution in [0.3, 0.4) is 0 Å². The van der Waals surface area contributed by atoms with Crippen LogP contribution in [0, 0.1) is 0 Å². The van der Waals surface area contributed by atoms with Gasteiger partial charge in [-0.15, -0.1) is 0 Å². The van der Waals surface area contributed by atoms with Gasteiger partial charge in [0.15, 0.2) is 9.84 Å². The molecular weight excluding hydrogens is 274 g/mol. The van der Waals surface area contributed by atoms with E-state index in [4.69, 9.17) is 4.74 Å². The first-order valence-electron chi connectivity index (χ1n) is 7.05. The molecule has 0 amide bonds. The molecule has 0 aliphatic rings. The highest BCUT2D eigenvalue weighted by Gasteiger charge is 2.28. The number of hydrogen-bond acceptors (Lipinski definition) is 4. The van der Waals surface area contributed by atoms with Crippen molar-refractivity contribution >= 4 is 9.84 Å². The molecule has 0 spiro atoms. The van der Waals surface area contributed by atoms with Crippen molar-refractivity contribution in [1.82, 2.24) is 5.32 Å². The molecule has 2 unspecified atom stereocenters. The normalized spacial score (nSPS) is 14.8. The quantitative estimate of drug-likeness (QED) is 0.801. The summed E-state index contributed by atoms with van der Waals surface area (Å²) in [5.41, 5.74) is 0.903. The molecule has 20 heavy (non-hydrogen) atoms. The van der Waals surface area contributed by atoms with Gasteiger partial charge in [0, 0.05) is 11.8 Å². The van der Waals surface area contributed by atoms with E-state index < -0.39 is 15.1 Å². The highest BCUT2D eigenvalue weighted by Crippen LogP contribution is 2.30. The molecule has 0 radical (unpaired) electrons. The number of nitrogens with one attached hydrogen (secondary N) is 1. The Bertz CT molecular complexity index is 514. The van der Waals surface area contributed by atoms with Crippen molar-refractivity contribution in [2.24, 2.45) is 0 Å². The fraction of sp³-hybridized carbons (Fsp3) is 0.600. The second kappa shape index (κ2) is 7.64. The van der Waals surface area contributed by atoms with Crippen LogP contribution in [0.4, 0.5) is 0 Å². The van der Waals surface area contributed by atoms with E-state index >= 15 is 0 Å². The Balaban J connectivity index is 3.14. The maximum absolute atomic E-state index is 11.9. The molecule has 0 bridgehead atoms. The molecule has 0 aromatic heterocycles. The highest BCUT2D eigenvalue weighted by atomic mass is 32.2. The van der Waals surface area contributed by atoms with Crippen LogP contribution in [-0.4, -0.2) is 33.1 Å². The zero-order valence-electron chi connectivity index (χ0n) is 12.7. The largest absolute Gasteiger partial charge is 0.493 e. The van der Waals surface area contributed by atoms with Gasteiger partial charge in [-0.1, -0.05) is 32.0 Å². The van der Waals surface area contributed by atoms with Gasteiger partial charge in [0.25, 0.3) is 0 Å². The van der Waals surface area contributed by atoms with E-state index in [1.54, 1.807) is 6.92 Å². The zero-order chi connectivity index (χ0) is 15.2. The summed E-state index contributed by atoms with van der Waals surface area (Å²) in [5, 5.41) is 2.76. The fourth-order valence-electron chi connectivity index (χ4n) is 2.08. The molecule has 1 aromatic carbocycles. The van der Waals surface area contributed by atoms with Crippen molar-refractivity contribution < 1.29 is 13.2 Å². The molecule has 0 aliphatic heterocycles. The Labute approximate surface area is 122 Å². The molecule has 0 saturated carbocycles. The van der Waals surface area contributed by atoms with Crippen LogP contribution in [-0.2, 0) is 9.84 Å². The minimum Gasteiger partial charge on any atom is -0.493 e. The second-order valence-electron chi connectivity index (χ2n) is 4.96. The third-order valence-electron chi connectivity index (χ3n) is 3.28. The Morgan fingerprint density at radius 1 is 1.25 bits per heavy atom. The van der Waals surface area contributed by atoms with Gasteiger partial charge in [0.05, 0.1) is 17.9 Å². The standard InChI is InChI=1S/C15H25NO3S/c1-5-11-19-14-10-8-7-9-13(14)15(16-6-2)12(3)20(4,17)18/h7-10,12,15-16H,5-6,11H2,1-4H3. The van der Waals surface area contributed by atoms with Crippen molar-refractivity contribution in [2.45, 2.75) is 38.5 Å². The Morgan fingerprint density at radius 2 is 1.90 bits per heavy atom. The summed E-state index contributed by atoms with van der Waals surface area (Å²) in [6.45, 7) is 7.08. The van der Waals surface area contributed by atoms with Gasteiger partial charge in [-0.3, -0.25) is 0 Å². The van der Waals surface area contributed by atoms with Crippen molar-refractivity contribution in [2.75, 3.05) is 19.4 Å². The van der Waals surface area contributed by atoms with Gasteiger partial charge in [-0.05, 0) is 26.0 Å². The molecule has 1 rings (SSSR count). The van der Waals surface area contributed by atoms with E-state index in [1.807, 2.05) is 38.1 Å². The van der Waals surface area contributed by atoms with E-state index in [0.29, 0.717) is 13.2 Å². The number of para-hydroxylation sites is 1. The van der Waals surface area contributed by atoms with Gasteiger partial charge in [0.1, 0.15) is 5.75 Å². The average Bonchev–Trinajstić information content (AvgIpc) is 2.41. The fourth-order valence-corrected chi connectivity index (χ4v) is 2.81. The van der Waals surface area contributed by atoms with Crippen LogP contribution in [0.25, 0.3) is 0 Å². The van der Waals surface area contributed by atoms with E-state index in [2.05, 4.69) is 5.32 Å². The molecule has 0 saturated heterocycles. The Hall–Kier alpha value is -1.07. The average molecular weight is 299 g/mol. The summed E-state index contributed by atoms with van der Waals surface area (Å²) >= 11 is 0. The topological polar surface area (TPSA) is 55.4 Å². The molecule has 1 aromatic rings. The van der Waals surface area contributed by atoms with E-state index in [-0.39, 0.29) is 6.04 Å². The summed E-state index contributed by atoms with van der Waals surface area (Å²) < 4.78 is 29.5. The van der Waals surface area contributed by atoms with Gasteiger partial charge in [0.2, 0.25) is 0 Å². The van der Waals surface area contributed by atoms with E-state index in [9.17, 15) is 8.42 Å². The first-order valence-corrected chi connectivity index (χ1v) is 9.01. The predicted molar refractivity (Wildman–Crippen MR) is 83.0 cm³/mol. The van der Waals surface area contributed by atoms with Crippen molar-refractivity contribution in [3.63, 3.8) is 0 Å². The van der Waals surface area contributed by atoms with Gasteiger partial charge >= 0.3 is 0 Å². The molecule has 114 valence electrons. The molecular formula is C15H25NO3S. The van der Waals surface area contributed by atoms with Gasteiger partial charge < -0.3 is 10.1 Å². The molecule has 2 atom stereocenters. The zero-order valence-corrected chi connectivity index (χ0v) is 13.5. The summed E-state index contributed by atoms with van der Waals surface area (Å²) in [4.78, 5) is 0. The molecule has 5 heteroatoms. The Morgan fingerprint density at radius 3 is 2.45 bits per heavy atom. The maximum atomic E-state index is 11.9. The summed E-state index contributed by atoms with van der Waals surface area (Å²) in [6, 6.07) is 7.38. The summed E-state index contributed by atoms with van der Waals surface area (Å²) in [5.74, 6) is 0.760. The molecule has 1 N–H and O–H groups in total. The van der Waals surface area contributed by atoms with Crippen LogP contribution in [0.1, 0.15) is 38.8 Å².